The molecule has 5 heterocycles. The maximum atomic E-state index is 10.7. The van der Waals surface area contributed by atoms with Crippen molar-refractivity contribution in [3.8, 4) is 28.6 Å². The van der Waals surface area contributed by atoms with E-state index in [4.69, 9.17) is 18.9 Å². The maximum absolute atomic E-state index is 10.7. The number of rotatable bonds is 4. The van der Waals surface area contributed by atoms with Crippen LogP contribution >= 0.6 is 0 Å². The quantitative estimate of drug-likeness (QED) is 0.619. The molecule has 0 bridgehead atoms. The number of benzene rings is 1. The second-order valence-electron chi connectivity index (χ2n) is 8.39. The van der Waals surface area contributed by atoms with Gasteiger partial charge in [-0.2, -0.15) is 4.99 Å². The van der Waals surface area contributed by atoms with E-state index in [1.165, 1.54) is 5.56 Å². The Morgan fingerprint density at radius 3 is 2.91 bits per heavy atom. The Balaban J connectivity index is 1.22. The first-order valence-electron chi connectivity index (χ1n) is 11.4. The maximum Gasteiger partial charge on any atom is 0.257 e. The second kappa shape index (κ2) is 8.92. The van der Waals surface area contributed by atoms with Gasteiger partial charge in [-0.25, -0.2) is 9.97 Å². The summed E-state index contributed by atoms with van der Waals surface area (Å²) in [6.07, 6.45) is 4.71. The lowest BCUT2D eigenvalue weighted by Crippen LogP contribution is -2.41. The van der Waals surface area contributed by atoms with Crippen molar-refractivity contribution in [2.24, 2.45) is 4.99 Å². The number of methoxy groups -OCH3 is 1. The first-order valence-corrected chi connectivity index (χ1v) is 11.4. The Kier molecular flexibility index (Phi) is 5.46. The first-order chi connectivity index (χ1) is 17.2. The predicted molar refractivity (Wildman–Crippen MR) is 128 cm³/mol. The van der Waals surface area contributed by atoms with Crippen LogP contribution in [0.1, 0.15) is 11.1 Å². The summed E-state index contributed by atoms with van der Waals surface area (Å²) in [6.45, 7) is 1.20. The normalized spacial score (nSPS) is 20.2. The number of aliphatic hydroxyl groups is 1. The molecular formula is C26H24N4O5. The molecule has 35 heavy (non-hydrogen) atoms. The number of pyridine rings is 2. The third-order valence-corrected chi connectivity index (χ3v) is 6.22. The highest BCUT2D eigenvalue weighted by molar-refractivity contribution is 5.97. The highest BCUT2D eigenvalue weighted by Gasteiger charge is 2.31. The molecule has 0 saturated carbocycles. The van der Waals surface area contributed by atoms with Crippen molar-refractivity contribution in [1.29, 1.82) is 0 Å². The average molecular weight is 473 g/mol. The lowest BCUT2D eigenvalue weighted by molar-refractivity contribution is 0.0348. The zero-order valence-electron chi connectivity index (χ0n) is 19.1. The van der Waals surface area contributed by atoms with Crippen LogP contribution in [0.25, 0.3) is 16.8 Å². The van der Waals surface area contributed by atoms with Crippen LogP contribution in [0.15, 0.2) is 65.9 Å². The Labute approximate surface area is 202 Å². The number of aliphatic hydroxyl groups excluding tert-OH is 1. The number of hydrogen-bond donors (Lipinski definition) is 1. The third kappa shape index (κ3) is 4.04. The second-order valence-corrected chi connectivity index (χ2v) is 8.39. The summed E-state index contributed by atoms with van der Waals surface area (Å²) in [6, 6.07) is 13.8. The lowest BCUT2D eigenvalue weighted by atomic mass is 9.92. The van der Waals surface area contributed by atoms with Crippen molar-refractivity contribution in [2.45, 2.75) is 18.9 Å². The molecule has 0 radical (unpaired) electrons. The molecule has 1 aromatic carbocycles. The van der Waals surface area contributed by atoms with Crippen LogP contribution in [-0.4, -0.2) is 65.2 Å². The van der Waals surface area contributed by atoms with Gasteiger partial charge >= 0.3 is 0 Å². The minimum atomic E-state index is -1.01. The summed E-state index contributed by atoms with van der Waals surface area (Å²) < 4.78 is 22.9. The minimum absolute atomic E-state index is 0.232. The standard InChI is InChI=1S/C26H24N4O5/c1-32-24-20(4-2-9-27-24)16-6-7-19-17(12-16)8-11-30-21(19)13-23(29-26(30)31)33-14-18-15-34-25-22(35-18)5-3-10-28-25/h2-7,9-10,12-13,18,26,31H,8,11,14-15H2,1H3. The van der Waals surface area contributed by atoms with E-state index in [9.17, 15) is 5.11 Å². The molecule has 3 aliphatic heterocycles. The summed E-state index contributed by atoms with van der Waals surface area (Å²) in [5.74, 6) is 2.02. The van der Waals surface area contributed by atoms with E-state index in [0.717, 1.165) is 28.8 Å². The number of hydrogen-bond acceptors (Lipinski definition) is 9. The number of fused-ring (bicyclic) bond motifs is 4. The fourth-order valence-electron chi connectivity index (χ4n) is 4.54. The molecule has 2 unspecified atom stereocenters. The van der Waals surface area contributed by atoms with Gasteiger partial charge in [-0.1, -0.05) is 18.2 Å². The van der Waals surface area contributed by atoms with Crippen LogP contribution in [0.2, 0.25) is 0 Å². The lowest BCUT2D eigenvalue weighted by Gasteiger charge is -2.37. The van der Waals surface area contributed by atoms with Gasteiger partial charge in [0.1, 0.15) is 13.2 Å². The molecule has 2 aromatic heterocycles. The van der Waals surface area contributed by atoms with Gasteiger partial charge in [0.15, 0.2) is 11.9 Å². The zero-order valence-corrected chi connectivity index (χ0v) is 19.1. The summed E-state index contributed by atoms with van der Waals surface area (Å²) in [7, 11) is 1.62. The van der Waals surface area contributed by atoms with E-state index in [-0.39, 0.29) is 12.7 Å². The first kappa shape index (κ1) is 21.4. The molecule has 2 atom stereocenters. The van der Waals surface area contributed by atoms with E-state index in [0.29, 0.717) is 36.6 Å². The molecule has 6 rings (SSSR count). The molecule has 0 spiro atoms. The number of aliphatic imine (C=N–C) groups is 1. The smallest absolute Gasteiger partial charge is 0.257 e. The van der Waals surface area contributed by atoms with Gasteiger partial charge in [0.05, 0.1) is 12.8 Å². The average Bonchev–Trinajstić information content (AvgIpc) is 2.91. The molecule has 0 aliphatic carbocycles. The van der Waals surface area contributed by atoms with E-state index in [1.807, 2.05) is 35.2 Å². The third-order valence-electron chi connectivity index (χ3n) is 6.22. The highest BCUT2D eigenvalue weighted by atomic mass is 16.6. The molecule has 0 saturated heterocycles. The fraction of sp³-hybridized carbons (Fsp3) is 0.269. The van der Waals surface area contributed by atoms with Crippen LogP contribution < -0.4 is 14.2 Å². The van der Waals surface area contributed by atoms with Gasteiger partial charge in [-0.3, -0.25) is 0 Å². The summed E-state index contributed by atoms with van der Waals surface area (Å²) >= 11 is 0. The Morgan fingerprint density at radius 2 is 2.00 bits per heavy atom. The SMILES string of the molecule is COc1ncccc1-c1ccc2c(c1)CCN1C2=CC(OCC2COc3ncccc3O2)=NC1O. The van der Waals surface area contributed by atoms with Crippen LogP contribution in [-0.2, 0) is 11.2 Å². The van der Waals surface area contributed by atoms with Crippen molar-refractivity contribution < 1.29 is 24.1 Å². The van der Waals surface area contributed by atoms with Crippen LogP contribution in [0.5, 0.6) is 17.5 Å². The van der Waals surface area contributed by atoms with E-state index < -0.39 is 6.35 Å². The molecule has 0 amide bonds. The van der Waals surface area contributed by atoms with Crippen LogP contribution in [0.3, 0.4) is 0 Å². The van der Waals surface area contributed by atoms with Crippen molar-refractivity contribution in [3.05, 3.63) is 72.1 Å². The van der Waals surface area contributed by atoms with Gasteiger partial charge in [-0.15, -0.1) is 0 Å². The number of aromatic nitrogens is 2. The fourth-order valence-corrected chi connectivity index (χ4v) is 4.54. The topological polar surface area (TPSA) is 98.5 Å². The van der Waals surface area contributed by atoms with E-state index in [2.05, 4.69) is 27.1 Å². The number of nitrogens with zero attached hydrogens (tertiary/aromatic N) is 4. The summed E-state index contributed by atoms with van der Waals surface area (Å²) in [4.78, 5) is 14.7. The molecule has 3 aliphatic rings. The Hall–Kier alpha value is -4.11. The minimum Gasteiger partial charge on any atom is -0.481 e. The van der Waals surface area contributed by atoms with Crippen molar-refractivity contribution >= 4 is 11.6 Å². The van der Waals surface area contributed by atoms with Crippen LogP contribution in [0, 0.1) is 0 Å². The van der Waals surface area contributed by atoms with Gasteiger partial charge in [0.25, 0.3) is 5.88 Å². The Morgan fingerprint density at radius 1 is 1.11 bits per heavy atom. The molecule has 3 aromatic rings. The van der Waals surface area contributed by atoms with E-state index >= 15 is 0 Å². The summed E-state index contributed by atoms with van der Waals surface area (Å²) in [5.41, 5.74) is 5.07. The van der Waals surface area contributed by atoms with E-state index in [1.54, 1.807) is 25.6 Å². The Bertz CT molecular complexity index is 1320. The molecule has 1 N–H and O–H groups in total. The molecule has 0 fully saturated rings. The predicted octanol–water partition coefficient (Wildman–Crippen LogP) is 2.90. The summed E-state index contributed by atoms with van der Waals surface area (Å²) in [5, 5.41) is 10.7. The highest BCUT2D eigenvalue weighted by Crippen LogP contribution is 2.36. The van der Waals surface area contributed by atoms with Gasteiger partial charge in [0.2, 0.25) is 18.1 Å². The molecule has 9 nitrogen and oxygen atoms in total. The molecule has 178 valence electrons. The van der Waals surface area contributed by atoms with Crippen molar-refractivity contribution in [2.75, 3.05) is 26.9 Å². The largest absolute Gasteiger partial charge is 0.481 e. The van der Waals surface area contributed by atoms with Crippen molar-refractivity contribution in [3.63, 3.8) is 0 Å². The van der Waals surface area contributed by atoms with Gasteiger partial charge in [0, 0.05) is 36.1 Å². The van der Waals surface area contributed by atoms with Crippen LogP contribution in [0.4, 0.5) is 0 Å². The number of ether oxygens (including phenoxy) is 4. The van der Waals surface area contributed by atoms with Gasteiger partial charge in [-0.05, 0) is 41.8 Å². The molecule has 9 heteroatoms. The zero-order chi connectivity index (χ0) is 23.8. The van der Waals surface area contributed by atoms with Gasteiger partial charge < -0.3 is 29.0 Å². The van der Waals surface area contributed by atoms with Crippen molar-refractivity contribution in [1.82, 2.24) is 14.9 Å². The molecular weight excluding hydrogens is 448 g/mol. The monoisotopic (exact) mass is 472 g/mol.